The van der Waals surface area contributed by atoms with Crippen molar-refractivity contribution in [3.8, 4) is 0 Å². The van der Waals surface area contributed by atoms with E-state index < -0.39 is 0 Å². The van der Waals surface area contributed by atoms with Crippen molar-refractivity contribution in [1.82, 2.24) is 4.90 Å². The van der Waals surface area contributed by atoms with Crippen LogP contribution in [0.4, 0.5) is 0 Å². The Morgan fingerprint density at radius 2 is 1.88 bits per heavy atom. The first-order chi connectivity index (χ1) is 15.8. The van der Waals surface area contributed by atoms with Gasteiger partial charge in [-0.3, -0.25) is 9.59 Å². The lowest BCUT2D eigenvalue weighted by atomic mass is 9.37. The van der Waals surface area contributed by atoms with Crippen molar-refractivity contribution >= 4 is 23.3 Å². The monoisotopic (exact) mass is 481 g/mol. The molecule has 0 aromatic heterocycles. The van der Waals surface area contributed by atoms with Crippen LogP contribution in [-0.2, 0) is 15.0 Å². The lowest BCUT2D eigenvalue weighted by molar-refractivity contribution is -0.209. The molecular formula is C30H40ClNO2. The zero-order chi connectivity index (χ0) is 24.8. The molecule has 6 rings (SSSR count). The Hall–Kier alpha value is -1.61. The Labute approximate surface area is 210 Å². The summed E-state index contributed by atoms with van der Waals surface area (Å²) >= 11 is 6.90. The summed E-state index contributed by atoms with van der Waals surface area (Å²) in [6.07, 6.45) is 7.35. The second kappa shape index (κ2) is 7.45. The van der Waals surface area contributed by atoms with Gasteiger partial charge in [0, 0.05) is 28.5 Å². The second-order valence-electron chi connectivity index (χ2n) is 13.3. The number of allylic oxidation sites excluding steroid dienone is 1. The fourth-order valence-electron chi connectivity index (χ4n) is 7.43. The zero-order valence-corrected chi connectivity index (χ0v) is 22.7. The average molecular weight is 482 g/mol. The summed E-state index contributed by atoms with van der Waals surface area (Å²) in [4.78, 5) is 27.6. The van der Waals surface area contributed by atoms with Crippen LogP contribution in [0.3, 0.4) is 0 Å². The Morgan fingerprint density at radius 3 is 2.38 bits per heavy atom. The fraction of sp³-hybridized carbons (Fsp3) is 0.667. The number of hydrogen-bond donors (Lipinski definition) is 0. The highest BCUT2D eigenvalue weighted by molar-refractivity contribution is 6.31. The Morgan fingerprint density at radius 1 is 1.24 bits per heavy atom. The van der Waals surface area contributed by atoms with Gasteiger partial charge in [0.25, 0.3) is 0 Å². The Bertz CT molecular complexity index is 1080. The lowest BCUT2D eigenvalue weighted by Crippen LogP contribution is -2.77. The summed E-state index contributed by atoms with van der Waals surface area (Å²) in [5, 5.41) is 0.844. The summed E-state index contributed by atoms with van der Waals surface area (Å²) in [6.45, 7) is 15.4. The number of amides is 1. The first kappa shape index (κ1) is 24.1. The highest BCUT2D eigenvalue weighted by Crippen LogP contribution is 2.71. The molecule has 0 radical (unpaired) electrons. The third kappa shape index (κ3) is 3.36. The van der Waals surface area contributed by atoms with Gasteiger partial charge >= 0.3 is 0 Å². The molecule has 1 aromatic rings. The van der Waals surface area contributed by atoms with Crippen molar-refractivity contribution in [2.24, 2.45) is 22.7 Å². The molecule has 1 heterocycles. The molecule has 1 aromatic carbocycles. The minimum Gasteiger partial charge on any atom is -0.313 e. The number of rotatable bonds is 6. The molecule has 0 spiro atoms. The van der Waals surface area contributed by atoms with Crippen LogP contribution < -0.4 is 0 Å². The number of carbonyl (C=O) groups is 2. The maximum absolute atomic E-state index is 13.6. The van der Waals surface area contributed by atoms with Gasteiger partial charge in [0.05, 0.1) is 5.54 Å². The molecule has 4 saturated carbocycles. The van der Waals surface area contributed by atoms with Crippen molar-refractivity contribution in [3.05, 3.63) is 46.1 Å². The first-order valence-electron chi connectivity index (χ1n) is 13.1. The zero-order valence-electron chi connectivity index (χ0n) is 21.9. The molecule has 184 valence electrons. The largest absolute Gasteiger partial charge is 0.313 e. The molecule has 4 atom stereocenters. The number of carbonyl (C=O) groups excluding carboxylic acids is 2. The number of ketones is 1. The van der Waals surface area contributed by atoms with E-state index in [1.54, 1.807) is 6.92 Å². The van der Waals surface area contributed by atoms with Gasteiger partial charge in [-0.05, 0) is 85.0 Å². The standard InChI is InChI=1S/C30H40ClNO2/c1-8-18(2)24-14-32(30-15-29(16-30,17-30)19(3)33)26(34)13-28(24,7)20-9-10-21(25(31)11-20)22-12-23(22)27(4,5)6/h9-11,14,18,22-23H,8,12-13,15-17H2,1-7H3/t18-,22-,23+,28-,29?,30?/m0/s1. The molecule has 5 aliphatic rings. The SMILES string of the molecule is CC[C@H](C)C1=CN(C23CC(C(C)=O)(C2)C3)C(=O)C[C@@]1(C)c1ccc([C@@H]2C[C@H]2C(C)(C)C)c(Cl)c1. The average Bonchev–Trinajstić information content (AvgIpc) is 3.47. The number of halogens is 1. The molecule has 4 aliphatic carbocycles. The van der Waals surface area contributed by atoms with E-state index in [0.717, 1.165) is 36.3 Å². The molecule has 1 amide bonds. The van der Waals surface area contributed by atoms with Gasteiger partial charge in [-0.25, -0.2) is 0 Å². The summed E-state index contributed by atoms with van der Waals surface area (Å²) in [6, 6.07) is 6.59. The van der Waals surface area contributed by atoms with E-state index in [0.29, 0.717) is 29.6 Å². The molecule has 3 nitrogen and oxygen atoms in total. The number of hydrogen-bond acceptors (Lipinski definition) is 2. The van der Waals surface area contributed by atoms with Crippen molar-refractivity contribution < 1.29 is 9.59 Å². The molecule has 4 fully saturated rings. The highest BCUT2D eigenvalue weighted by Gasteiger charge is 2.73. The smallest absolute Gasteiger partial charge is 0.228 e. The van der Waals surface area contributed by atoms with Gasteiger partial charge in [0.15, 0.2) is 0 Å². The van der Waals surface area contributed by atoms with E-state index in [9.17, 15) is 9.59 Å². The van der Waals surface area contributed by atoms with E-state index in [1.807, 2.05) is 4.90 Å². The molecule has 34 heavy (non-hydrogen) atoms. The minimum atomic E-state index is -0.361. The van der Waals surface area contributed by atoms with Crippen LogP contribution in [0, 0.1) is 22.7 Å². The number of nitrogens with zero attached hydrogens (tertiary/aromatic N) is 1. The van der Waals surface area contributed by atoms with Crippen molar-refractivity contribution in [2.45, 2.75) is 104 Å². The molecule has 1 aliphatic heterocycles. The van der Waals surface area contributed by atoms with Gasteiger partial charge in [-0.2, -0.15) is 0 Å². The summed E-state index contributed by atoms with van der Waals surface area (Å²) in [5.41, 5.74) is 3.38. The molecule has 0 N–H and O–H groups in total. The summed E-state index contributed by atoms with van der Waals surface area (Å²) < 4.78 is 0. The van der Waals surface area contributed by atoms with Crippen LogP contribution in [0.2, 0.25) is 5.02 Å². The maximum Gasteiger partial charge on any atom is 0.228 e. The Kier molecular flexibility index (Phi) is 5.28. The van der Waals surface area contributed by atoms with Gasteiger partial charge in [-0.1, -0.05) is 65.3 Å². The molecule has 0 unspecified atom stereocenters. The van der Waals surface area contributed by atoms with Crippen LogP contribution in [0.25, 0.3) is 0 Å². The van der Waals surface area contributed by atoms with Crippen molar-refractivity contribution in [3.63, 3.8) is 0 Å². The number of Topliss-reactive ketones (excluding diaryl/α,β-unsaturated/α-hetero) is 1. The Balaban J connectivity index is 1.46. The second-order valence-corrected chi connectivity index (χ2v) is 13.7. The van der Waals surface area contributed by atoms with Crippen LogP contribution >= 0.6 is 11.6 Å². The van der Waals surface area contributed by atoms with Crippen molar-refractivity contribution in [1.29, 1.82) is 0 Å². The maximum atomic E-state index is 13.6. The quantitative estimate of drug-likeness (QED) is 0.423. The molecular weight excluding hydrogens is 442 g/mol. The lowest BCUT2D eigenvalue weighted by Gasteiger charge is -2.72. The third-order valence-electron chi connectivity index (χ3n) is 10.0. The van der Waals surface area contributed by atoms with Crippen LogP contribution in [0.15, 0.2) is 30.0 Å². The van der Waals surface area contributed by atoms with Gasteiger partial charge < -0.3 is 4.90 Å². The van der Waals surface area contributed by atoms with E-state index >= 15 is 0 Å². The third-order valence-corrected chi connectivity index (χ3v) is 10.3. The van der Waals surface area contributed by atoms with E-state index in [2.05, 4.69) is 65.9 Å². The van der Waals surface area contributed by atoms with E-state index in [1.165, 1.54) is 17.6 Å². The summed E-state index contributed by atoms with van der Waals surface area (Å²) in [5.74, 6) is 2.05. The predicted octanol–water partition coefficient (Wildman–Crippen LogP) is 7.42. The summed E-state index contributed by atoms with van der Waals surface area (Å²) in [7, 11) is 0. The topological polar surface area (TPSA) is 37.4 Å². The molecule has 2 bridgehead atoms. The van der Waals surface area contributed by atoms with Gasteiger partial charge in [-0.15, -0.1) is 0 Å². The van der Waals surface area contributed by atoms with Gasteiger partial charge in [0.2, 0.25) is 5.91 Å². The predicted molar refractivity (Wildman–Crippen MR) is 138 cm³/mol. The highest BCUT2D eigenvalue weighted by atomic mass is 35.5. The first-order valence-corrected chi connectivity index (χ1v) is 13.5. The van der Waals surface area contributed by atoms with Crippen LogP contribution in [0.5, 0.6) is 0 Å². The molecule has 4 heteroatoms. The van der Waals surface area contributed by atoms with Crippen LogP contribution in [-0.4, -0.2) is 22.1 Å². The van der Waals surface area contributed by atoms with Crippen molar-refractivity contribution in [2.75, 3.05) is 0 Å². The molecule has 0 saturated heterocycles. The van der Waals surface area contributed by atoms with E-state index in [-0.39, 0.29) is 28.1 Å². The number of benzene rings is 1. The van der Waals surface area contributed by atoms with Crippen LogP contribution in [0.1, 0.15) is 104 Å². The normalized spacial score (nSPS) is 37.5. The van der Waals surface area contributed by atoms with E-state index in [4.69, 9.17) is 11.6 Å². The minimum absolute atomic E-state index is 0.127. The van der Waals surface area contributed by atoms with Gasteiger partial charge in [0.1, 0.15) is 5.78 Å². The fourth-order valence-corrected chi connectivity index (χ4v) is 7.76.